The third-order valence-electron chi connectivity index (χ3n) is 4.66. The van der Waals surface area contributed by atoms with Crippen LogP contribution in [0.25, 0.3) is 16.7 Å². The van der Waals surface area contributed by atoms with Crippen LogP contribution in [0.5, 0.6) is 11.5 Å². The number of hydrogen-bond donors (Lipinski definition) is 2. The van der Waals surface area contributed by atoms with Crippen molar-refractivity contribution in [1.82, 2.24) is 15.0 Å². The van der Waals surface area contributed by atoms with E-state index in [0.717, 1.165) is 16.6 Å². The van der Waals surface area contributed by atoms with Gasteiger partial charge < -0.3 is 19.9 Å². The van der Waals surface area contributed by atoms with Gasteiger partial charge in [0.25, 0.3) is 5.91 Å². The van der Waals surface area contributed by atoms with Crippen molar-refractivity contribution in [2.75, 3.05) is 25.6 Å². The van der Waals surface area contributed by atoms with Gasteiger partial charge in [-0.15, -0.1) is 15.0 Å². The molecular formula is C23H22N4O4. The summed E-state index contributed by atoms with van der Waals surface area (Å²) in [5, 5.41) is 21.1. The predicted molar refractivity (Wildman–Crippen MR) is 117 cm³/mol. The fourth-order valence-corrected chi connectivity index (χ4v) is 3.11. The lowest BCUT2D eigenvalue weighted by atomic mass is 10.1. The highest BCUT2D eigenvalue weighted by Gasteiger charge is 2.13. The van der Waals surface area contributed by atoms with Gasteiger partial charge in [0.1, 0.15) is 28.2 Å². The summed E-state index contributed by atoms with van der Waals surface area (Å²) in [4.78, 5) is 13.8. The van der Waals surface area contributed by atoms with Gasteiger partial charge in [0.15, 0.2) is 6.61 Å². The predicted octanol–water partition coefficient (Wildman–Crippen LogP) is 2.98. The number of methoxy groups -OCH3 is 1. The molecule has 0 radical (unpaired) electrons. The van der Waals surface area contributed by atoms with Crippen LogP contribution in [0.4, 0.5) is 5.69 Å². The molecule has 8 nitrogen and oxygen atoms in total. The lowest BCUT2D eigenvalue weighted by Crippen LogP contribution is -2.20. The van der Waals surface area contributed by atoms with Crippen LogP contribution in [0.2, 0.25) is 0 Å². The first-order chi connectivity index (χ1) is 15.2. The van der Waals surface area contributed by atoms with E-state index in [4.69, 9.17) is 9.47 Å². The maximum atomic E-state index is 12.4. The number of rotatable bonds is 8. The van der Waals surface area contributed by atoms with Crippen LogP contribution < -0.4 is 14.8 Å². The molecule has 0 saturated carbocycles. The summed E-state index contributed by atoms with van der Waals surface area (Å²) in [6.45, 7) is -0.155. The van der Waals surface area contributed by atoms with Crippen molar-refractivity contribution < 1.29 is 19.4 Å². The molecule has 0 saturated heterocycles. The maximum absolute atomic E-state index is 12.4. The summed E-state index contributed by atoms with van der Waals surface area (Å²) < 4.78 is 10.9. The summed E-state index contributed by atoms with van der Waals surface area (Å²) in [5.74, 6) is 0.877. The number of carbonyl (C=O) groups is 1. The Balaban J connectivity index is 1.53. The number of ether oxygens (including phenoxy) is 2. The SMILES string of the molecule is COc1ccc(NC(=O)COc2ccc(CCO)cc2-n2nc3ccccc3n2)cc1. The molecule has 1 amide bonds. The Hall–Kier alpha value is -3.91. The number of fused-ring (bicyclic) bond motifs is 1. The number of aliphatic hydroxyl groups excluding tert-OH is 1. The molecule has 3 aromatic carbocycles. The van der Waals surface area contributed by atoms with Gasteiger partial charge in [-0.1, -0.05) is 18.2 Å². The Labute approximate surface area is 179 Å². The van der Waals surface area contributed by atoms with E-state index in [1.807, 2.05) is 36.4 Å². The molecule has 2 N–H and O–H groups in total. The molecule has 31 heavy (non-hydrogen) atoms. The minimum Gasteiger partial charge on any atom is -0.497 e. The van der Waals surface area contributed by atoms with Gasteiger partial charge in [0.05, 0.1) is 7.11 Å². The van der Waals surface area contributed by atoms with E-state index in [1.54, 1.807) is 37.4 Å². The third-order valence-corrected chi connectivity index (χ3v) is 4.66. The van der Waals surface area contributed by atoms with Gasteiger partial charge in [0.2, 0.25) is 0 Å². The van der Waals surface area contributed by atoms with Crippen molar-refractivity contribution in [2.24, 2.45) is 0 Å². The molecular weight excluding hydrogens is 396 g/mol. The fraction of sp³-hybridized carbons (Fsp3) is 0.174. The average Bonchev–Trinajstić information content (AvgIpc) is 3.23. The molecule has 0 bridgehead atoms. The second-order valence-corrected chi connectivity index (χ2v) is 6.82. The largest absolute Gasteiger partial charge is 0.497 e. The molecule has 158 valence electrons. The molecule has 0 aliphatic carbocycles. The molecule has 4 aromatic rings. The number of anilines is 1. The molecule has 1 heterocycles. The molecule has 0 spiro atoms. The highest BCUT2D eigenvalue weighted by atomic mass is 16.5. The summed E-state index contributed by atoms with van der Waals surface area (Å²) >= 11 is 0. The second-order valence-electron chi connectivity index (χ2n) is 6.82. The first-order valence-electron chi connectivity index (χ1n) is 9.79. The molecule has 0 fully saturated rings. The van der Waals surface area contributed by atoms with Crippen molar-refractivity contribution >= 4 is 22.6 Å². The Kier molecular flexibility index (Phi) is 6.09. The van der Waals surface area contributed by atoms with Crippen LogP contribution in [0.1, 0.15) is 5.56 Å². The van der Waals surface area contributed by atoms with E-state index >= 15 is 0 Å². The lowest BCUT2D eigenvalue weighted by Gasteiger charge is -2.12. The van der Waals surface area contributed by atoms with Gasteiger partial charge >= 0.3 is 0 Å². The fourth-order valence-electron chi connectivity index (χ4n) is 3.11. The van der Waals surface area contributed by atoms with Crippen LogP contribution >= 0.6 is 0 Å². The number of amides is 1. The number of aliphatic hydroxyl groups is 1. The van der Waals surface area contributed by atoms with E-state index in [-0.39, 0.29) is 19.1 Å². The summed E-state index contributed by atoms with van der Waals surface area (Å²) in [6, 6.07) is 20.0. The zero-order valence-corrected chi connectivity index (χ0v) is 17.0. The minimum absolute atomic E-state index is 0.0262. The van der Waals surface area contributed by atoms with Gasteiger partial charge in [-0.25, -0.2) is 0 Å². The Bertz CT molecular complexity index is 1150. The third kappa shape index (κ3) is 4.81. The number of carbonyl (C=O) groups excluding carboxylic acids is 1. The van der Waals surface area contributed by atoms with E-state index in [1.165, 1.54) is 4.80 Å². The molecule has 0 unspecified atom stereocenters. The smallest absolute Gasteiger partial charge is 0.262 e. The summed E-state index contributed by atoms with van der Waals surface area (Å²) in [5.41, 5.74) is 3.65. The van der Waals surface area contributed by atoms with Crippen LogP contribution in [-0.4, -0.2) is 46.3 Å². The van der Waals surface area contributed by atoms with Crippen molar-refractivity contribution in [3.05, 3.63) is 72.3 Å². The summed E-state index contributed by atoms with van der Waals surface area (Å²) in [6.07, 6.45) is 0.492. The normalized spacial score (nSPS) is 10.8. The molecule has 0 atom stereocenters. The van der Waals surface area contributed by atoms with Crippen molar-refractivity contribution in [1.29, 1.82) is 0 Å². The van der Waals surface area contributed by atoms with E-state index in [0.29, 0.717) is 29.3 Å². The summed E-state index contributed by atoms with van der Waals surface area (Å²) in [7, 11) is 1.59. The number of nitrogens with zero attached hydrogens (tertiary/aromatic N) is 3. The van der Waals surface area contributed by atoms with E-state index < -0.39 is 0 Å². The van der Waals surface area contributed by atoms with Gasteiger partial charge in [0, 0.05) is 12.3 Å². The Morgan fingerprint density at radius 3 is 2.39 bits per heavy atom. The van der Waals surface area contributed by atoms with Gasteiger partial charge in [-0.2, -0.15) is 0 Å². The quantitative estimate of drug-likeness (QED) is 0.457. The highest BCUT2D eigenvalue weighted by Crippen LogP contribution is 2.25. The van der Waals surface area contributed by atoms with Gasteiger partial charge in [-0.05, 0) is 60.5 Å². The highest BCUT2D eigenvalue weighted by molar-refractivity contribution is 5.92. The lowest BCUT2D eigenvalue weighted by molar-refractivity contribution is -0.118. The van der Waals surface area contributed by atoms with Crippen molar-refractivity contribution in [3.8, 4) is 17.2 Å². The van der Waals surface area contributed by atoms with E-state index in [9.17, 15) is 9.90 Å². The Morgan fingerprint density at radius 2 is 1.74 bits per heavy atom. The zero-order valence-electron chi connectivity index (χ0n) is 17.0. The van der Waals surface area contributed by atoms with Crippen LogP contribution in [0.15, 0.2) is 66.7 Å². The standard InChI is InChI=1S/C23H22N4O4/c1-30-18-9-7-17(8-10-18)24-23(29)15-31-22-11-6-16(12-13-28)14-21(22)27-25-19-4-2-3-5-20(19)26-27/h2-11,14,28H,12-13,15H2,1H3,(H,24,29). The molecule has 0 aliphatic rings. The molecule has 0 aliphatic heterocycles. The number of hydrogen-bond acceptors (Lipinski definition) is 6. The van der Waals surface area contributed by atoms with E-state index in [2.05, 4.69) is 15.5 Å². The molecule has 4 rings (SSSR count). The maximum Gasteiger partial charge on any atom is 0.262 e. The van der Waals surface area contributed by atoms with Gasteiger partial charge in [-0.3, -0.25) is 4.79 Å². The first kappa shape index (κ1) is 20.4. The topological polar surface area (TPSA) is 98.5 Å². The first-order valence-corrected chi connectivity index (χ1v) is 9.79. The van der Waals surface area contributed by atoms with Crippen LogP contribution in [0, 0.1) is 0 Å². The second kappa shape index (κ2) is 9.27. The number of aromatic nitrogens is 3. The molecule has 8 heteroatoms. The number of benzene rings is 3. The zero-order chi connectivity index (χ0) is 21.6. The van der Waals surface area contributed by atoms with Crippen LogP contribution in [-0.2, 0) is 11.2 Å². The average molecular weight is 418 g/mol. The van der Waals surface area contributed by atoms with Crippen molar-refractivity contribution in [3.63, 3.8) is 0 Å². The number of nitrogens with one attached hydrogen (secondary N) is 1. The molecule has 1 aromatic heterocycles. The van der Waals surface area contributed by atoms with Crippen molar-refractivity contribution in [2.45, 2.75) is 6.42 Å². The van der Waals surface area contributed by atoms with Crippen LogP contribution in [0.3, 0.4) is 0 Å². The monoisotopic (exact) mass is 418 g/mol. The Morgan fingerprint density at radius 1 is 1.03 bits per heavy atom. The minimum atomic E-state index is -0.297.